The second kappa shape index (κ2) is 8.89. The van der Waals surface area contributed by atoms with E-state index in [2.05, 4.69) is 55.7 Å². The van der Waals surface area contributed by atoms with Crippen LogP contribution in [0.4, 0.5) is 16.4 Å². The lowest BCUT2D eigenvalue weighted by molar-refractivity contribution is 0.0342. The fourth-order valence-corrected chi connectivity index (χ4v) is 4.18. The molecule has 1 aliphatic rings. The number of ether oxygens (including phenoxy) is 1. The zero-order valence-electron chi connectivity index (χ0n) is 17.9. The molecule has 0 atom stereocenters. The third-order valence-electron chi connectivity index (χ3n) is 5.78. The second-order valence-electron chi connectivity index (χ2n) is 8.00. The monoisotopic (exact) mass is 444 g/mol. The minimum atomic E-state index is -1.16. The van der Waals surface area contributed by atoms with Gasteiger partial charge in [-0.15, -0.1) is 0 Å². The van der Waals surface area contributed by atoms with Crippen LogP contribution in [0.25, 0.3) is 33.2 Å². The number of nitrogens with two attached hydrogens (primary N) is 1. The van der Waals surface area contributed by atoms with Crippen molar-refractivity contribution < 1.29 is 14.6 Å². The molecule has 0 spiro atoms. The summed E-state index contributed by atoms with van der Waals surface area (Å²) in [5, 5.41) is 19.4. The highest BCUT2D eigenvalue weighted by Crippen LogP contribution is 2.36. The van der Waals surface area contributed by atoms with Crippen LogP contribution in [-0.2, 0) is 11.3 Å². The highest BCUT2D eigenvalue weighted by atomic mass is 16.5. The molecule has 9 nitrogen and oxygen atoms in total. The lowest BCUT2D eigenvalue weighted by atomic mass is 9.95. The van der Waals surface area contributed by atoms with E-state index in [9.17, 15) is 4.79 Å². The van der Waals surface area contributed by atoms with Crippen molar-refractivity contribution in [3.8, 4) is 22.3 Å². The number of carbonyl (C=O) groups is 1. The van der Waals surface area contributed by atoms with Gasteiger partial charge in [-0.25, -0.2) is 9.78 Å². The molecule has 1 saturated heterocycles. The van der Waals surface area contributed by atoms with E-state index in [-0.39, 0.29) is 5.82 Å². The molecule has 1 aliphatic heterocycles. The zero-order chi connectivity index (χ0) is 22.8. The number of nitrogens with zero attached hydrogens (tertiary/aromatic N) is 3. The number of carboxylic acid groups (broad SMARTS) is 1. The zero-order valence-corrected chi connectivity index (χ0v) is 17.9. The number of rotatable bonds is 5. The lowest BCUT2D eigenvalue weighted by Gasteiger charge is -2.26. The van der Waals surface area contributed by atoms with Gasteiger partial charge in [0.25, 0.3) is 0 Å². The van der Waals surface area contributed by atoms with E-state index < -0.39 is 6.09 Å². The molecule has 5 rings (SSSR count). The van der Waals surface area contributed by atoms with Crippen LogP contribution in [0.2, 0.25) is 0 Å². The molecule has 33 heavy (non-hydrogen) atoms. The van der Waals surface area contributed by atoms with Crippen molar-refractivity contribution in [2.45, 2.75) is 6.54 Å². The van der Waals surface area contributed by atoms with E-state index in [4.69, 9.17) is 15.6 Å². The molecule has 168 valence electrons. The van der Waals surface area contributed by atoms with E-state index in [1.807, 2.05) is 12.1 Å². The number of aromatic nitrogens is 3. The van der Waals surface area contributed by atoms with Gasteiger partial charge in [0.2, 0.25) is 0 Å². The fraction of sp³-hybridized carbons (Fsp3) is 0.208. The molecule has 1 amide bonds. The Kier molecular flexibility index (Phi) is 5.64. The third kappa shape index (κ3) is 4.50. The summed E-state index contributed by atoms with van der Waals surface area (Å²) >= 11 is 0. The first kappa shape index (κ1) is 20.9. The summed E-state index contributed by atoms with van der Waals surface area (Å²) in [4.78, 5) is 17.5. The van der Waals surface area contributed by atoms with Crippen LogP contribution < -0.4 is 11.1 Å². The molecular weight excluding hydrogens is 420 g/mol. The predicted molar refractivity (Wildman–Crippen MR) is 127 cm³/mol. The molecule has 0 aliphatic carbocycles. The standard InChI is InChI=1S/C24H24N6O3/c25-23-20-12-18(16-4-5-26-21(13-16)27-24(31)32)11-19(22(20)28-29-23)17-3-1-2-15(10-17)14-30-6-8-33-9-7-30/h1-5,10-13H,6-9,14H2,(H,26,27)(H,31,32)(H3,25,28,29). The number of nitrogens with one attached hydrogen (secondary N) is 2. The summed E-state index contributed by atoms with van der Waals surface area (Å²) in [6.07, 6.45) is 0.415. The average Bonchev–Trinajstić information content (AvgIpc) is 3.20. The number of pyridine rings is 1. The summed E-state index contributed by atoms with van der Waals surface area (Å²) in [6, 6.07) is 16.0. The van der Waals surface area contributed by atoms with Crippen LogP contribution in [-0.4, -0.2) is 57.6 Å². The summed E-state index contributed by atoms with van der Waals surface area (Å²) in [6.45, 7) is 4.24. The lowest BCUT2D eigenvalue weighted by Crippen LogP contribution is -2.35. The largest absolute Gasteiger partial charge is 0.465 e. The normalized spacial score (nSPS) is 14.4. The number of morpholine rings is 1. The first-order valence-electron chi connectivity index (χ1n) is 10.7. The number of hydrogen-bond acceptors (Lipinski definition) is 6. The minimum Gasteiger partial charge on any atom is -0.465 e. The second-order valence-corrected chi connectivity index (χ2v) is 8.00. The first-order valence-corrected chi connectivity index (χ1v) is 10.7. The van der Waals surface area contributed by atoms with E-state index in [1.54, 1.807) is 12.3 Å². The topological polar surface area (TPSA) is 129 Å². The molecule has 2 aromatic carbocycles. The maximum atomic E-state index is 11.0. The Balaban J connectivity index is 1.56. The van der Waals surface area contributed by atoms with E-state index in [0.717, 1.165) is 66.0 Å². The third-order valence-corrected chi connectivity index (χ3v) is 5.78. The fourth-order valence-electron chi connectivity index (χ4n) is 4.18. The molecule has 0 unspecified atom stereocenters. The average molecular weight is 444 g/mol. The summed E-state index contributed by atoms with van der Waals surface area (Å²) in [5.74, 6) is 0.671. The van der Waals surface area contributed by atoms with Gasteiger partial charge in [-0.2, -0.15) is 5.10 Å². The van der Waals surface area contributed by atoms with Crippen LogP contribution in [0.15, 0.2) is 54.7 Å². The smallest absolute Gasteiger partial charge is 0.410 e. The Morgan fingerprint density at radius 2 is 1.97 bits per heavy atom. The van der Waals surface area contributed by atoms with E-state index in [1.165, 1.54) is 5.56 Å². The molecular formula is C24H24N6O3. The van der Waals surface area contributed by atoms with Crippen LogP contribution in [0, 0.1) is 0 Å². The molecule has 2 aromatic heterocycles. The number of aromatic amines is 1. The van der Waals surface area contributed by atoms with Crippen LogP contribution in [0.5, 0.6) is 0 Å². The minimum absolute atomic E-state index is 0.259. The van der Waals surface area contributed by atoms with Crippen LogP contribution >= 0.6 is 0 Å². The van der Waals surface area contributed by atoms with Crippen molar-refractivity contribution in [3.05, 3.63) is 60.3 Å². The number of anilines is 2. The summed E-state index contributed by atoms with van der Waals surface area (Å²) in [7, 11) is 0. The molecule has 0 radical (unpaired) electrons. The quantitative estimate of drug-likeness (QED) is 0.368. The van der Waals surface area contributed by atoms with Crippen molar-refractivity contribution in [1.82, 2.24) is 20.1 Å². The van der Waals surface area contributed by atoms with Gasteiger partial charge >= 0.3 is 6.09 Å². The molecule has 3 heterocycles. The van der Waals surface area contributed by atoms with Crippen molar-refractivity contribution in [1.29, 1.82) is 0 Å². The molecule has 5 N–H and O–H groups in total. The number of fused-ring (bicyclic) bond motifs is 1. The molecule has 1 fully saturated rings. The van der Waals surface area contributed by atoms with Crippen LogP contribution in [0.1, 0.15) is 5.56 Å². The number of H-pyrrole nitrogens is 1. The summed E-state index contributed by atoms with van der Waals surface area (Å²) < 4.78 is 5.46. The predicted octanol–water partition coefficient (Wildman–Crippen LogP) is 3.80. The SMILES string of the molecule is Nc1n[nH]c2c(-c3cccc(CN4CCOCC4)c3)cc(-c3ccnc(NC(=O)O)c3)cc12. The number of hydrogen-bond donors (Lipinski definition) is 4. The highest BCUT2D eigenvalue weighted by molar-refractivity contribution is 6.02. The van der Waals surface area contributed by atoms with Gasteiger partial charge in [0.15, 0.2) is 5.82 Å². The van der Waals surface area contributed by atoms with E-state index in [0.29, 0.717) is 5.82 Å². The molecule has 9 heteroatoms. The maximum absolute atomic E-state index is 11.0. The van der Waals surface area contributed by atoms with Crippen molar-refractivity contribution in [2.24, 2.45) is 0 Å². The summed E-state index contributed by atoms with van der Waals surface area (Å²) in [5.41, 5.74) is 12.0. The number of nitrogen functional groups attached to an aromatic ring is 1. The highest BCUT2D eigenvalue weighted by Gasteiger charge is 2.15. The van der Waals surface area contributed by atoms with Crippen molar-refractivity contribution in [3.63, 3.8) is 0 Å². The van der Waals surface area contributed by atoms with Gasteiger partial charge in [-0.1, -0.05) is 18.2 Å². The number of amides is 1. The first-order chi connectivity index (χ1) is 16.1. The number of benzene rings is 2. The van der Waals surface area contributed by atoms with E-state index >= 15 is 0 Å². The Morgan fingerprint density at radius 1 is 1.12 bits per heavy atom. The molecule has 0 saturated carbocycles. The Hall–Kier alpha value is -3.95. The van der Waals surface area contributed by atoms with Crippen molar-refractivity contribution >= 4 is 28.6 Å². The maximum Gasteiger partial charge on any atom is 0.410 e. The Bertz CT molecular complexity index is 1310. The van der Waals surface area contributed by atoms with Gasteiger partial charge < -0.3 is 15.6 Å². The van der Waals surface area contributed by atoms with Gasteiger partial charge in [0.1, 0.15) is 5.82 Å². The van der Waals surface area contributed by atoms with Gasteiger partial charge in [0, 0.05) is 36.8 Å². The Morgan fingerprint density at radius 3 is 2.79 bits per heavy atom. The van der Waals surface area contributed by atoms with Gasteiger partial charge in [0.05, 0.1) is 18.7 Å². The van der Waals surface area contributed by atoms with Crippen molar-refractivity contribution in [2.75, 3.05) is 37.4 Å². The van der Waals surface area contributed by atoms with Gasteiger partial charge in [-0.05, 0) is 52.6 Å². The Labute approximate surface area is 190 Å². The van der Waals surface area contributed by atoms with Gasteiger partial charge in [-0.3, -0.25) is 15.3 Å². The molecule has 0 bridgehead atoms. The molecule has 4 aromatic rings. The van der Waals surface area contributed by atoms with Crippen LogP contribution in [0.3, 0.4) is 0 Å².